The number of hydrogen-bond donors (Lipinski definition) is 2. The van der Waals surface area contributed by atoms with Gasteiger partial charge in [-0.3, -0.25) is 14.9 Å². The molecule has 0 bridgehead atoms. The van der Waals surface area contributed by atoms with Gasteiger partial charge in [-0.25, -0.2) is 0 Å². The van der Waals surface area contributed by atoms with E-state index >= 15 is 0 Å². The monoisotopic (exact) mass is 400 g/mol. The van der Waals surface area contributed by atoms with Crippen LogP contribution in [0.1, 0.15) is 45.1 Å². The second-order valence-corrected chi connectivity index (χ2v) is 8.67. The number of anilines is 1. The normalized spacial score (nSPS) is 20.5. The molecule has 7 heteroatoms. The molecule has 2 amide bonds. The number of benzene rings is 1. The summed E-state index contributed by atoms with van der Waals surface area (Å²) in [6, 6.07) is 9.09. The lowest BCUT2D eigenvalue weighted by molar-refractivity contribution is -0.130. The van der Waals surface area contributed by atoms with Gasteiger partial charge in [-0.15, -0.1) is 10.2 Å². The molecule has 0 saturated heterocycles. The van der Waals surface area contributed by atoms with Crippen LogP contribution in [0.25, 0.3) is 0 Å². The van der Waals surface area contributed by atoms with Gasteiger partial charge in [0.15, 0.2) is 0 Å². The molecule has 1 aliphatic carbocycles. The Hall–Kier alpha value is -2.28. The van der Waals surface area contributed by atoms with E-state index in [1.807, 2.05) is 30.3 Å². The van der Waals surface area contributed by atoms with Crippen molar-refractivity contribution >= 4 is 28.3 Å². The van der Waals surface area contributed by atoms with Gasteiger partial charge in [0.05, 0.1) is 0 Å². The molecular formula is C21H28N4O2S. The fourth-order valence-electron chi connectivity index (χ4n) is 3.82. The molecule has 1 aromatic heterocycles. The van der Waals surface area contributed by atoms with Gasteiger partial charge in [-0.05, 0) is 43.1 Å². The molecule has 6 nitrogen and oxygen atoms in total. The number of rotatable bonds is 7. The second-order valence-electron chi connectivity index (χ2n) is 7.84. The third-order valence-electron chi connectivity index (χ3n) is 5.59. The van der Waals surface area contributed by atoms with Crippen molar-refractivity contribution in [2.75, 3.05) is 5.32 Å². The van der Waals surface area contributed by atoms with Crippen LogP contribution in [0.2, 0.25) is 0 Å². The van der Waals surface area contributed by atoms with Crippen LogP contribution < -0.4 is 10.6 Å². The lowest BCUT2D eigenvalue weighted by atomic mass is 9.76. The summed E-state index contributed by atoms with van der Waals surface area (Å²) in [7, 11) is 0. The van der Waals surface area contributed by atoms with Crippen molar-refractivity contribution in [2.45, 2.75) is 52.0 Å². The molecule has 1 atom stereocenters. The van der Waals surface area contributed by atoms with Crippen molar-refractivity contribution in [1.29, 1.82) is 0 Å². The minimum absolute atomic E-state index is 0.0115. The van der Waals surface area contributed by atoms with Crippen molar-refractivity contribution < 1.29 is 9.59 Å². The predicted octanol–water partition coefficient (Wildman–Crippen LogP) is 3.67. The Balaban J connectivity index is 1.64. The van der Waals surface area contributed by atoms with E-state index in [0.29, 0.717) is 23.4 Å². The number of carbonyl (C=O) groups excluding carboxylic acids is 2. The molecule has 2 N–H and O–H groups in total. The van der Waals surface area contributed by atoms with Crippen molar-refractivity contribution in [2.24, 2.45) is 17.8 Å². The maximum Gasteiger partial charge on any atom is 0.249 e. The van der Waals surface area contributed by atoms with Gasteiger partial charge in [-0.2, -0.15) is 0 Å². The molecule has 0 spiro atoms. The van der Waals surface area contributed by atoms with E-state index in [1.54, 1.807) is 5.51 Å². The van der Waals surface area contributed by atoms with Crippen LogP contribution in [-0.4, -0.2) is 28.1 Å². The summed E-state index contributed by atoms with van der Waals surface area (Å²) in [5.41, 5.74) is 2.57. The molecular weight excluding hydrogens is 372 g/mol. The topological polar surface area (TPSA) is 84.0 Å². The van der Waals surface area contributed by atoms with Gasteiger partial charge < -0.3 is 5.32 Å². The van der Waals surface area contributed by atoms with Crippen LogP contribution in [0.15, 0.2) is 35.8 Å². The zero-order valence-corrected chi connectivity index (χ0v) is 17.2. The van der Waals surface area contributed by atoms with Crippen LogP contribution in [0.3, 0.4) is 0 Å². The third kappa shape index (κ3) is 5.61. The molecule has 2 aromatic rings. The predicted molar refractivity (Wildman–Crippen MR) is 111 cm³/mol. The highest BCUT2D eigenvalue weighted by Crippen LogP contribution is 2.33. The molecule has 0 radical (unpaired) electrons. The fraction of sp³-hybridized carbons (Fsp3) is 0.524. The number of carbonyl (C=O) groups is 2. The zero-order chi connectivity index (χ0) is 19.9. The quantitative estimate of drug-likeness (QED) is 0.743. The standard InChI is InChI=1S/C21H28N4O2S/c1-14(2)16-8-10-17(11-9-16)19(26)23-18(12-15-6-4-3-5-7-15)20(27)24-21-25-22-13-28-21/h3-7,13-14,16-18H,8-12H2,1-2H3,(H,23,26)(H,24,25,27). The lowest BCUT2D eigenvalue weighted by Gasteiger charge is -2.31. The highest BCUT2D eigenvalue weighted by molar-refractivity contribution is 7.13. The second kappa shape index (κ2) is 9.78. The van der Waals surface area contributed by atoms with Gasteiger partial charge in [0.2, 0.25) is 16.9 Å². The Labute approximate surface area is 170 Å². The number of amides is 2. The summed E-state index contributed by atoms with van der Waals surface area (Å²) in [4.78, 5) is 25.7. The van der Waals surface area contributed by atoms with Gasteiger partial charge >= 0.3 is 0 Å². The summed E-state index contributed by atoms with van der Waals surface area (Å²) in [5, 5.41) is 13.8. The molecule has 150 valence electrons. The Morgan fingerprint density at radius 2 is 1.86 bits per heavy atom. The maximum absolute atomic E-state index is 12.9. The summed E-state index contributed by atoms with van der Waals surface area (Å²) >= 11 is 1.26. The Kier molecular flexibility index (Phi) is 7.14. The van der Waals surface area contributed by atoms with E-state index < -0.39 is 6.04 Å². The van der Waals surface area contributed by atoms with E-state index in [1.165, 1.54) is 11.3 Å². The summed E-state index contributed by atoms with van der Waals surface area (Å²) in [6.45, 7) is 4.50. The molecule has 1 saturated carbocycles. The van der Waals surface area contributed by atoms with Crippen molar-refractivity contribution in [3.8, 4) is 0 Å². The summed E-state index contributed by atoms with van der Waals surface area (Å²) < 4.78 is 0. The minimum atomic E-state index is -0.637. The van der Waals surface area contributed by atoms with Gasteiger partial charge in [-0.1, -0.05) is 55.5 Å². The van der Waals surface area contributed by atoms with Gasteiger partial charge in [0.25, 0.3) is 0 Å². The van der Waals surface area contributed by atoms with Crippen LogP contribution in [-0.2, 0) is 16.0 Å². The van der Waals surface area contributed by atoms with Gasteiger partial charge in [0, 0.05) is 12.3 Å². The minimum Gasteiger partial charge on any atom is -0.344 e. The molecule has 1 aliphatic rings. The Morgan fingerprint density at radius 1 is 1.14 bits per heavy atom. The smallest absolute Gasteiger partial charge is 0.249 e. The average molecular weight is 401 g/mol. The van der Waals surface area contributed by atoms with Crippen molar-refractivity contribution in [3.05, 3.63) is 41.4 Å². The number of aromatic nitrogens is 2. The van der Waals surface area contributed by atoms with E-state index in [-0.39, 0.29) is 17.7 Å². The molecule has 28 heavy (non-hydrogen) atoms. The number of nitrogens with zero attached hydrogens (tertiary/aromatic N) is 2. The first-order valence-corrected chi connectivity index (χ1v) is 10.8. The van der Waals surface area contributed by atoms with Crippen LogP contribution in [0.5, 0.6) is 0 Å². The SMILES string of the molecule is CC(C)C1CCC(C(=O)NC(Cc2ccccc2)C(=O)Nc2nncs2)CC1. The molecule has 1 fully saturated rings. The molecule has 3 rings (SSSR count). The van der Waals surface area contributed by atoms with Crippen LogP contribution >= 0.6 is 11.3 Å². The van der Waals surface area contributed by atoms with Crippen LogP contribution in [0.4, 0.5) is 5.13 Å². The largest absolute Gasteiger partial charge is 0.344 e. The lowest BCUT2D eigenvalue weighted by Crippen LogP contribution is -2.47. The number of hydrogen-bond acceptors (Lipinski definition) is 5. The maximum atomic E-state index is 12.9. The molecule has 1 heterocycles. The summed E-state index contributed by atoms with van der Waals surface area (Å²) in [5.74, 6) is 1.07. The van der Waals surface area contributed by atoms with E-state index in [2.05, 4.69) is 34.7 Å². The summed E-state index contributed by atoms with van der Waals surface area (Å²) in [6.07, 6.45) is 4.39. The molecule has 1 unspecified atom stereocenters. The van der Waals surface area contributed by atoms with Gasteiger partial charge in [0.1, 0.15) is 11.6 Å². The molecule has 1 aromatic carbocycles. The van der Waals surface area contributed by atoms with Crippen molar-refractivity contribution in [1.82, 2.24) is 15.5 Å². The number of nitrogens with one attached hydrogen (secondary N) is 2. The first-order chi connectivity index (χ1) is 13.5. The Morgan fingerprint density at radius 3 is 2.46 bits per heavy atom. The van der Waals surface area contributed by atoms with E-state index in [0.717, 1.165) is 31.2 Å². The first-order valence-electron chi connectivity index (χ1n) is 9.94. The highest BCUT2D eigenvalue weighted by Gasteiger charge is 2.30. The zero-order valence-electron chi connectivity index (χ0n) is 16.4. The van der Waals surface area contributed by atoms with Crippen molar-refractivity contribution in [3.63, 3.8) is 0 Å². The third-order valence-corrected chi connectivity index (χ3v) is 6.20. The van der Waals surface area contributed by atoms with E-state index in [4.69, 9.17) is 0 Å². The molecule has 0 aliphatic heterocycles. The average Bonchev–Trinajstić information content (AvgIpc) is 3.21. The first kappa shape index (κ1) is 20.5. The highest BCUT2D eigenvalue weighted by atomic mass is 32.1. The fourth-order valence-corrected chi connectivity index (χ4v) is 4.26. The van der Waals surface area contributed by atoms with E-state index in [9.17, 15) is 9.59 Å². The van der Waals surface area contributed by atoms with Crippen LogP contribution in [0, 0.1) is 17.8 Å². The Bertz CT molecular complexity index is 756.